The monoisotopic (exact) mass is 956 g/mol. The van der Waals surface area contributed by atoms with Crippen LogP contribution in [0.25, 0.3) is 0 Å². The molecule has 0 radical (unpaired) electrons. The number of unbranched alkanes of at least 4 members (excludes halogenated alkanes) is 20. The maximum atomic E-state index is 12.7. The lowest BCUT2D eigenvalue weighted by Crippen LogP contribution is -2.29. The summed E-state index contributed by atoms with van der Waals surface area (Å²) in [5.41, 5.74) is 5.37. The van der Waals surface area contributed by atoms with Gasteiger partial charge in [-0.05, 0) is 96.3 Å². The first-order chi connectivity index (χ1) is 32.8. The number of hydrogen-bond donors (Lipinski definition) is 2. The summed E-state index contributed by atoms with van der Waals surface area (Å²) in [4.78, 5) is 35.1. The Morgan fingerprint density at radius 3 is 1.22 bits per heavy atom. The van der Waals surface area contributed by atoms with Gasteiger partial charge in [0.15, 0.2) is 6.10 Å². The van der Waals surface area contributed by atoms with Crippen LogP contribution in [0.2, 0.25) is 0 Å². The fourth-order valence-corrected chi connectivity index (χ4v) is 7.79. The molecule has 10 heteroatoms. The van der Waals surface area contributed by atoms with E-state index in [-0.39, 0.29) is 32.6 Å². The van der Waals surface area contributed by atoms with Crippen LogP contribution >= 0.6 is 7.82 Å². The van der Waals surface area contributed by atoms with Crippen molar-refractivity contribution >= 4 is 19.8 Å². The van der Waals surface area contributed by atoms with Crippen molar-refractivity contribution in [3.05, 3.63) is 97.2 Å². The molecule has 0 rings (SSSR count). The second kappa shape index (κ2) is 52.3. The minimum absolute atomic E-state index is 0.0453. The van der Waals surface area contributed by atoms with Crippen LogP contribution in [0.4, 0.5) is 0 Å². The third-order valence-corrected chi connectivity index (χ3v) is 11.9. The summed E-state index contributed by atoms with van der Waals surface area (Å²) in [6.45, 7) is 3.59. The highest BCUT2D eigenvalue weighted by atomic mass is 31.2. The zero-order valence-corrected chi connectivity index (χ0v) is 43.5. The Bertz CT molecular complexity index is 1410. The topological polar surface area (TPSA) is 134 Å². The summed E-state index contributed by atoms with van der Waals surface area (Å²) in [7, 11) is -4.40. The van der Waals surface area contributed by atoms with E-state index >= 15 is 0 Å². The van der Waals surface area contributed by atoms with Crippen molar-refractivity contribution in [1.82, 2.24) is 0 Å². The molecule has 2 atom stereocenters. The van der Waals surface area contributed by atoms with Gasteiger partial charge in [-0.15, -0.1) is 0 Å². The van der Waals surface area contributed by atoms with Crippen molar-refractivity contribution in [2.24, 2.45) is 5.73 Å². The predicted molar refractivity (Wildman–Crippen MR) is 284 cm³/mol. The normalized spacial score (nSPS) is 13.9. The van der Waals surface area contributed by atoms with E-state index in [1.165, 1.54) is 77.0 Å². The van der Waals surface area contributed by atoms with Gasteiger partial charge in [-0.25, -0.2) is 4.57 Å². The number of esters is 2. The molecule has 3 N–H and O–H groups in total. The molecule has 2 unspecified atom stereocenters. The van der Waals surface area contributed by atoms with Crippen molar-refractivity contribution in [2.45, 2.75) is 225 Å². The van der Waals surface area contributed by atoms with Crippen molar-refractivity contribution in [1.29, 1.82) is 0 Å². The summed E-state index contributed by atoms with van der Waals surface area (Å²) in [6, 6.07) is 0. The van der Waals surface area contributed by atoms with Crippen LogP contribution < -0.4 is 5.73 Å². The van der Waals surface area contributed by atoms with Gasteiger partial charge in [-0.2, -0.15) is 0 Å². The molecule has 0 aliphatic rings. The molecule has 0 bridgehead atoms. The largest absolute Gasteiger partial charge is 0.472 e. The lowest BCUT2D eigenvalue weighted by atomic mass is 10.1. The Morgan fingerprint density at radius 2 is 0.821 bits per heavy atom. The molecule has 384 valence electrons. The van der Waals surface area contributed by atoms with Crippen LogP contribution in [-0.4, -0.2) is 49.3 Å². The molecule has 0 fully saturated rings. The molecule has 0 aromatic heterocycles. The van der Waals surface area contributed by atoms with Gasteiger partial charge in [-0.3, -0.25) is 18.6 Å². The Hall–Kier alpha value is -3.07. The second-order valence-corrected chi connectivity index (χ2v) is 18.8. The maximum Gasteiger partial charge on any atom is 0.472 e. The number of nitrogens with two attached hydrogens (primary N) is 1. The van der Waals surface area contributed by atoms with Gasteiger partial charge < -0.3 is 20.1 Å². The third-order valence-electron chi connectivity index (χ3n) is 11.0. The van der Waals surface area contributed by atoms with Crippen LogP contribution in [0.3, 0.4) is 0 Å². The van der Waals surface area contributed by atoms with Gasteiger partial charge in [0.1, 0.15) is 6.61 Å². The Kier molecular flexibility index (Phi) is 49.9. The zero-order chi connectivity index (χ0) is 48.8. The van der Waals surface area contributed by atoms with E-state index in [1.54, 1.807) is 0 Å². The fourth-order valence-electron chi connectivity index (χ4n) is 7.02. The molecule has 0 aliphatic heterocycles. The first kappa shape index (κ1) is 63.9. The van der Waals surface area contributed by atoms with Crippen LogP contribution in [0.1, 0.15) is 219 Å². The smallest absolute Gasteiger partial charge is 0.462 e. The van der Waals surface area contributed by atoms with Gasteiger partial charge in [0.05, 0.1) is 13.2 Å². The lowest BCUT2D eigenvalue weighted by molar-refractivity contribution is -0.161. The van der Waals surface area contributed by atoms with E-state index in [9.17, 15) is 19.0 Å². The first-order valence-electron chi connectivity index (χ1n) is 26.7. The summed E-state index contributed by atoms with van der Waals surface area (Å²) in [5, 5.41) is 0. The Balaban J connectivity index is 4.09. The van der Waals surface area contributed by atoms with Crippen molar-refractivity contribution in [2.75, 3.05) is 26.4 Å². The SMILES string of the molecule is CC/C=C\C/C=C\C/C=C\C/C=C\C/C=C\CCCCCCCCCCCC(=O)OC(COC(=O)CCCCCCCC/C=C\C/C=C\C/C=C\CCCCCCC)COP(=O)(O)OCCN. The number of ether oxygens (including phenoxy) is 2. The fraction of sp³-hybridized carbons (Fsp3) is 0.684. The number of carbonyl (C=O) groups excluding carboxylic acids is 2. The number of allylic oxidation sites excluding steroid dienone is 16. The molecule has 0 spiro atoms. The standard InChI is InChI=1S/C57H98NO8P/c1-3-5-7-9-11-13-15-17-19-21-23-25-26-27-28-30-32-34-36-38-40-42-44-46-48-50-57(60)66-55(54-65-67(61,62)64-52-51-58)53-63-56(59)49-47-45-43-41-39-37-35-33-31-29-24-22-20-18-16-14-12-10-8-6-4-2/h5,7,11,13,16-19,22-25,27-28,31,33,55H,3-4,6,8-10,12,14-15,20-21,26,29-30,32,34-54,58H2,1-2H3,(H,61,62)/b7-5-,13-11-,18-16-,19-17-,24-22-,25-23-,28-27-,33-31-. The Morgan fingerprint density at radius 1 is 0.463 bits per heavy atom. The number of rotatable bonds is 49. The molecule has 0 saturated carbocycles. The van der Waals surface area contributed by atoms with E-state index in [4.69, 9.17) is 24.3 Å². The highest BCUT2D eigenvalue weighted by Crippen LogP contribution is 2.43. The molecule has 0 aromatic carbocycles. The quantitative estimate of drug-likeness (QED) is 0.0264. The van der Waals surface area contributed by atoms with Crippen LogP contribution in [0.15, 0.2) is 97.2 Å². The average molecular weight is 956 g/mol. The van der Waals surface area contributed by atoms with E-state index in [1.807, 2.05) is 0 Å². The molecular formula is C57H98NO8P. The summed E-state index contributed by atoms with van der Waals surface area (Å²) >= 11 is 0. The third kappa shape index (κ3) is 52.2. The highest BCUT2D eigenvalue weighted by Gasteiger charge is 2.26. The molecule has 0 saturated heterocycles. The van der Waals surface area contributed by atoms with Gasteiger partial charge in [-0.1, -0.05) is 207 Å². The molecule has 9 nitrogen and oxygen atoms in total. The van der Waals surface area contributed by atoms with Crippen LogP contribution in [0, 0.1) is 0 Å². The van der Waals surface area contributed by atoms with Gasteiger partial charge in [0, 0.05) is 19.4 Å². The molecular weight excluding hydrogens is 858 g/mol. The highest BCUT2D eigenvalue weighted by molar-refractivity contribution is 7.47. The minimum Gasteiger partial charge on any atom is -0.462 e. The number of phosphoric ester groups is 1. The summed E-state index contributed by atoms with van der Waals surface area (Å²) in [6.07, 6.45) is 68.7. The van der Waals surface area contributed by atoms with E-state index < -0.39 is 32.5 Å². The molecule has 0 heterocycles. The average Bonchev–Trinajstić information content (AvgIpc) is 3.32. The maximum absolute atomic E-state index is 12.7. The van der Waals surface area contributed by atoms with Gasteiger partial charge in [0.2, 0.25) is 0 Å². The number of hydrogen-bond acceptors (Lipinski definition) is 8. The summed E-state index contributed by atoms with van der Waals surface area (Å²) < 4.78 is 33.0. The van der Waals surface area contributed by atoms with Crippen molar-refractivity contribution < 1.29 is 37.6 Å². The number of phosphoric acid groups is 1. The van der Waals surface area contributed by atoms with Gasteiger partial charge >= 0.3 is 19.8 Å². The Labute approximate surface area is 410 Å². The zero-order valence-electron chi connectivity index (χ0n) is 42.6. The van der Waals surface area contributed by atoms with Crippen molar-refractivity contribution in [3.8, 4) is 0 Å². The van der Waals surface area contributed by atoms with Crippen LogP contribution in [-0.2, 0) is 32.7 Å². The van der Waals surface area contributed by atoms with Crippen molar-refractivity contribution in [3.63, 3.8) is 0 Å². The van der Waals surface area contributed by atoms with E-state index in [2.05, 4.69) is 111 Å². The molecule has 0 amide bonds. The number of carbonyl (C=O) groups is 2. The second-order valence-electron chi connectivity index (χ2n) is 17.4. The minimum atomic E-state index is -4.40. The molecule has 0 aromatic rings. The molecule has 67 heavy (non-hydrogen) atoms. The lowest BCUT2D eigenvalue weighted by Gasteiger charge is -2.19. The molecule has 0 aliphatic carbocycles. The summed E-state index contributed by atoms with van der Waals surface area (Å²) in [5.74, 6) is -0.854. The van der Waals surface area contributed by atoms with Gasteiger partial charge in [0.25, 0.3) is 0 Å². The van der Waals surface area contributed by atoms with E-state index in [0.29, 0.717) is 12.8 Å². The van der Waals surface area contributed by atoms with E-state index in [0.717, 1.165) is 103 Å². The van der Waals surface area contributed by atoms with Crippen LogP contribution in [0.5, 0.6) is 0 Å². The predicted octanol–water partition coefficient (Wildman–Crippen LogP) is 16.5. The first-order valence-corrected chi connectivity index (χ1v) is 28.2.